The van der Waals surface area contributed by atoms with Gasteiger partial charge in [0.05, 0.1) is 26.4 Å². The minimum Gasteiger partial charge on any atom is -0.379 e. The van der Waals surface area contributed by atoms with Gasteiger partial charge in [0.15, 0.2) is 0 Å². The lowest BCUT2D eigenvalue weighted by Crippen LogP contribution is -2.42. The molecule has 1 aromatic heterocycles. The maximum Gasteiger partial charge on any atom is 0.433 e. The van der Waals surface area contributed by atoms with Gasteiger partial charge < -0.3 is 19.7 Å². The van der Waals surface area contributed by atoms with Crippen LogP contribution in [-0.4, -0.2) is 67.0 Å². The van der Waals surface area contributed by atoms with Crippen LogP contribution in [0.5, 0.6) is 0 Å². The number of hydrogen-bond donors (Lipinski definition) is 1. The van der Waals surface area contributed by atoms with Crippen LogP contribution in [0.15, 0.2) is 12.4 Å². The topological polar surface area (TPSA) is 59.5 Å². The Labute approximate surface area is 144 Å². The molecule has 0 unspecified atom stereocenters. The maximum atomic E-state index is 12.7. The van der Waals surface area contributed by atoms with Gasteiger partial charge in [-0.1, -0.05) is 0 Å². The van der Waals surface area contributed by atoms with Crippen LogP contribution >= 0.6 is 0 Å². The number of likely N-dealkylation sites (tertiary alicyclic amines) is 1. The summed E-state index contributed by atoms with van der Waals surface area (Å²) in [6, 6.07) is 1.08. The monoisotopic (exact) mass is 360 g/mol. The summed E-state index contributed by atoms with van der Waals surface area (Å²) >= 11 is 0. The van der Waals surface area contributed by atoms with Gasteiger partial charge in [0.1, 0.15) is 17.8 Å². The van der Waals surface area contributed by atoms with E-state index in [1.807, 2.05) is 0 Å². The van der Waals surface area contributed by atoms with Gasteiger partial charge in [-0.3, -0.25) is 0 Å². The van der Waals surface area contributed by atoms with Gasteiger partial charge in [-0.2, -0.15) is 13.2 Å². The number of alkyl halides is 3. The summed E-state index contributed by atoms with van der Waals surface area (Å²) in [6.07, 6.45) is -1.78. The van der Waals surface area contributed by atoms with Crippen molar-refractivity contribution in [2.75, 3.05) is 51.4 Å². The number of piperidine rings is 1. The van der Waals surface area contributed by atoms with E-state index in [0.717, 1.165) is 58.1 Å². The molecule has 2 aliphatic heterocycles. The largest absolute Gasteiger partial charge is 0.433 e. The second-order valence-corrected chi connectivity index (χ2v) is 6.52. The molecule has 0 bridgehead atoms. The molecule has 0 saturated carbocycles. The number of rotatable bonds is 4. The van der Waals surface area contributed by atoms with Gasteiger partial charge >= 0.3 is 6.18 Å². The van der Waals surface area contributed by atoms with E-state index >= 15 is 0 Å². The summed E-state index contributed by atoms with van der Waals surface area (Å²) in [5, 5.41) is 3.10. The van der Waals surface area contributed by atoms with Crippen molar-refractivity contribution in [3.05, 3.63) is 18.1 Å². The van der Waals surface area contributed by atoms with Crippen molar-refractivity contribution in [2.24, 2.45) is 5.92 Å². The zero-order valence-electron chi connectivity index (χ0n) is 14.0. The molecular weight excluding hydrogens is 337 g/mol. The molecular formula is C16H23F3N4O2. The van der Waals surface area contributed by atoms with Crippen molar-refractivity contribution >= 4 is 5.82 Å². The molecule has 1 N–H and O–H groups in total. The predicted molar refractivity (Wildman–Crippen MR) is 85.2 cm³/mol. The fraction of sp³-hybridized carbons (Fsp3) is 0.750. The number of halogens is 3. The molecule has 2 fully saturated rings. The molecule has 3 rings (SSSR count). The lowest BCUT2D eigenvalue weighted by molar-refractivity contribution is -0.141. The fourth-order valence-corrected chi connectivity index (χ4v) is 3.20. The number of hydrogen-bond acceptors (Lipinski definition) is 6. The van der Waals surface area contributed by atoms with Crippen molar-refractivity contribution in [3.63, 3.8) is 0 Å². The van der Waals surface area contributed by atoms with Crippen molar-refractivity contribution < 1.29 is 22.6 Å². The Hall–Kier alpha value is -1.45. The van der Waals surface area contributed by atoms with E-state index in [2.05, 4.69) is 20.2 Å². The van der Waals surface area contributed by atoms with E-state index in [0.29, 0.717) is 19.1 Å². The highest BCUT2D eigenvalue weighted by molar-refractivity contribution is 5.36. The molecule has 6 nitrogen and oxygen atoms in total. The van der Waals surface area contributed by atoms with E-state index in [-0.39, 0.29) is 11.9 Å². The van der Waals surface area contributed by atoms with E-state index in [4.69, 9.17) is 9.47 Å². The first-order valence-electron chi connectivity index (χ1n) is 8.54. The van der Waals surface area contributed by atoms with Gasteiger partial charge in [-0.05, 0) is 12.8 Å². The van der Waals surface area contributed by atoms with Crippen LogP contribution < -0.4 is 5.32 Å². The number of aromatic nitrogens is 2. The molecule has 0 aromatic carbocycles. The van der Waals surface area contributed by atoms with Crippen LogP contribution in [0.3, 0.4) is 0 Å². The lowest BCUT2D eigenvalue weighted by atomic mass is 10.0. The van der Waals surface area contributed by atoms with E-state index in [1.165, 1.54) is 0 Å². The summed E-state index contributed by atoms with van der Waals surface area (Å²) in [4.78, 5) is 9.54. The average molecular weight is 360 g/mol. The summed E-state index contributed by atoms with van der Waals surface area (Å²) in [7, 11) is 0. The molecule has 2 aliphatic rings. The Bertz CT molecular complexity index is 542. The maximum absolute atomic E-state index is 12.7. The van der Waals surface area contributed by atoms with Gasteiger partial charge in [0, 0.05) is 37.7 Å². The standard InChI is InChI=1S/C16H23F3N4O2/c17-16(18,19)14-7-15(21-11-20-14)22-13-1-3-23(4-2-13)8-12-9-24-5-6-25-10-12/h7,11-13H,1-6,8-10H2,(H,20,21,22). The normalized spacial score (nSPS) is 21.9. The van der Waals surface area contributed by atoms with Crippen molar-refractivity contribution in [3.8, 4) is 0 Å². The van der Waals surface area contributed by atoms with Crippen LogP contribution in [0.2, 0.25) is 0 Å². The second kappa shape index (κ2) is 8.29. The van der Waals surface area contributed by atoms with Gasteiger partial charge in [-0.25, -0.2) is 9.97 Å². The molecule has 0 radical (unpaired) electrons. The molecule has 0 atom stereocenters. The average Bonchev–Trinajstić information content (AvgIpc) is 2.85. The van der Waals surface area contributed by atoms with Crippen molar-refractivity contribution in [1.82, 2.24) is 14.9 Å². The molecule has 0 spiro atoms. The van der Waals surface area contributed by atoms with Gasteiger partial charge in [-0.15, -0.1) is 0 Å². The third-order valence-electron chi connectivity index (χ3n) is 4.49. The molecule has 140 valence electrons. The van der Waals surface area contributed by atoms with Gasteiger partial charge in [0.2, 0.25) is 0 Å². The molecule has 25 heavy (non-hydrogen) atoms. The van der Waals surface area contributed by atoms with Gasteiger partial charge in [0.25, 0.3) is 0 Å². The van der Waals surface area contributed by atoms with Crippen LogP contribution in [-0.2, 0) is 15.7 Å². The molecule has 0 amide bonds. The quantitative estimate of drug-likeness (QED) is 0.887. The second-order valence-electron chi connectivity index (χ2n) is 6.52. The highest BCUT2D eigenvalue weighted by atomic mass is 19.4. The first-order valence-corrected chi connectivity index (χ1v) is 8.54. The summed E-state index contributed by atoms with van der Waals surface area (Å²) in [6.45, 7) is 5.47. The number of ether oxygens (including phenoxy) is 2. The van der Waals surface area contributed by atoms with Crippen LogP contribution in [0.4, 0.5) is 19.0 Å². The lowest BCUT2D eigenvalue weighted by Gasteiger charge is -2.34. The first-order chi connectivity index (χ1) is 12.0. The Morgan fingerprint density at radius 2 is 1.80 bits per heavy atom. The Morgan fingerprint density at radius 1 is 1.12 bits per heavy atom. The summed E-state index contributed by atoms with van der Waals surface area (Å²) in [5.41, 5.74) is -0.921. The molecule has 9 heteroatoms. The Morgan fingerprint density at radius 3 is 2.44 bits per heavy atom. The van der Waals surface area contributed by atoms with Crippen molar-refractivity contribution in [1.29, 1.82) is 0 Å². The SMILES string of the molecule is FC(F)(F)c1cc(NC2CCN(CC3COCCOC3)CC2)ncn1. The number of nitrogens with zero attached hydrogens (tertiary/aromatic N) is 3. The zero-order chi connectivity index (χ0) is 17.7. The molecule has 0 aliphatic carbocycles. The predicted octanol–water partition coefficient (Wildman–Crippen LogP) is 2.03. The van der Waals surface area contributed by atoms with E-state index in [9.17, 15) is 13.2 Å². The minimum atomic E-state index is -4.45. The third kappa shape index (κ3) is 5.52. The third-order valence-corrected chi connectivity index (χ3v) is 4.49. The summed E-state index contributed by atoms with van der Waals surface area (Å²) < 4.78 is 49.1. The summed E-state index contributed by atoms with van der Waals surface area (Å²) in [5.74, 6) is 0.606. The Kier molecular flexibility index (Phi) is 6.08. The first kappa shape index (κ1) is 18.3. The molecule has 1 aromatic rings. The smallest absolute Gasteiger partial charge is 0.379 e. The Balaban J connectivity index is 1.46. The van der Waals surface area contributed by atoms with E-state index < -0.39 is 11.9 Å². The van der Waals surface area contributed by atoms with Crippen LogP contribution in [0.1, 0.15) is 18.5 Å². The highest BCUT2D eigenvalue weighted by Gasteiger charge is 2.33. The minimum absolute atomic E-state index is 0.119. The molecule has 2 saturated heterocycles. The number of anilines is 1. The van der Waals surface area contributed by atoms with E-state index in [1.54, 1.807) is 0 Å². The van der Waals surface area contributed by atoms with Crippen LogP contribution in [0, 0.1) is 5.92 Å². The molecule has 3 heterocycles. The number of nitrogens with one attached hydrogen (secondary N) is 1. The highest BCUT2D eigenvalue weighted by Crippen LogP contribution is 2.28. The van der Waals surface area contributed by atoms with Crippen LogP contribution in [0.25, 0.3) is 0 Å². The zero-order valence-corrected chi connectivity index (χ0v) is 14.0. The fourth-order valence-electron chi connectivity index (χ4n) is 3.20. The van der Waals surface area contributed by atoms with Crippen molar-refractivity contribution in [2.45, 2.75) is 25.1 Å².